The fraction of sp³-hybridized carbons (Fsp3) is 0.167. The predicted molar refractivity (Wildman–Crippen MR) is 117 cm³/mol. The van der Waals surface area contributed by atoms with Crippen LogP contribution >= 0.6 is 0 Å². The van der Waals surface area contributed by atoms with E-state index >= 15 is 0 Å². The Morgan fingerprint density at radius 3 is 2.71 bits per heavy atom. The molecule has 7 nitrogen and oxygen atoms in total. The average molecular weight is 411 g/mol. The van der Waals surface area contributed by atoms with Crippen molar-refractivity contribution in [3.8, 4) is 17.6 Å². The maximum Gasteiger partial charge on any atom is 0.260 e. The number of rotatable bonds is 7. The summed E-state index contributed by atoms with van der Waals surface area (Å²) in [5.74, 6) is 1.27. The lowest BCUT2D eigenvalue weighted by molar-refractivity contribution is 0.102. The van der Waals surface area contributed by atoms with Crippen molar-refractivity contribution >= 4 is 17.4 Å². The van der Waals surface area contributed by atoms with Crippen molar-refractivity contribution in [2.75, 3.05) is 5.32 Å². The number of nitrogens with one attached hydrogen (secondary N) is 1. The van der Waals surface area contributed by atoms with Crippen molar-refractivity contribution in [3.05, 3.63) is 83.9 Å². The van der Waals surface area contributed by atoms with Gasteiger partial charge in [0.2, 0.25) is 0 Å². The van der Waals surface area contributed by atoms with E-state index in [0.29, 0.717) is 28.5 Å². The Hall–Kier alpha value is -4.18. The van der Waals surface area contributed by atoms with E-state index in [0.717, 1.165) is 25.0 Å². The van der Waals surface area contributed by atoms with E-state index in [1.165, 1.54) is 6.33 Å². The van der Waals surface area contributed by atoms with Crippen LogP contribution in [-0.4, -0.2) is 20.3 Å². The molecule has 4 aromatic rings. The highest BCUT2D eigenvalue weighted by Crippen LogP contribution is 2.26. The fourth-order valence-corrected chi connectivity index (χ4v) is 3.22. The number of aromatic nitrogens is 3. The summed E-state index contributed by atoms with van der Waals surface area (Å²) in [5.41, 5.74) is 1.85. The van der Waals surface area contributed by atoms with Gasteiger partial charge in [-0.25, -0.2) is 9.97 Å². The Balaban J connectivity index is 1.67. The molecule has 0 saturated carbocycles. The first kappa shape index (κ1) is 20.1. The van der Waals surface area contributed by atoms with Gasteiger partial charge < -0.3 is 10.1 Å². The second kappa shape index (κ2) is 9.09. The van der Waals surface area contributed by atoms with Gasteiger partial charge in [-0.3, -0.25) is 9.20 Å². The molecule has 0 fully saturated rings. The third-order valence-corrected chi connectivity index (χ3v) is 4.79. The number of aryl methyl sites for hydroxylation is 1. The number of amides is 1. The van der Waals surface area contributed by atoms with E-state index in [-0.39, 0.29) is 11.6 Å². The predicted octanol–water partition coefficient (Wildman–Crippen LogP) is 4.99. The molecule has 0 aliphatic rings. The van der Waals surface area contributed by atoms with Crippen LogP contribution in [0.4, 0.5) is 5.82 Å². The van der Waals surface area contributed by atoms with Gasteiger partial charge in [0.15, 0.2) is 11.3 Å². The summed E-state index contributed by atoms with van der Waals surface area (Å²) >= 11 is 0. The number of hydrogen-bond acceptors (Lipinski definition) is 5. The molecule has 7 heteroatoms. The van der Waals surface area contributed by atoms with Crippen LogP contribution in [0.1, 0.15) is 41.5 Å². The standard InChI is InChI=1S/C24H21N5O2/c1-2-3-9-17-14-22(29-16-26-20(15-25)23(29)27-17)28-24(30)19-12-7-8-13-21(19)31-18-10-5-4-6-11-18/h4-8,10-14,16H,2-3,9H2,1H3,(H,28,30). The zero-order valence-corrected chi connectivity index (χ0v) is 17.1. The minimum absolute atomic E-state index is 0.224. The number of fused-ring (bicyclic) bond motifs is 1. The zero-order valence-electron chi connectivity index (χ0n) is 17.1. The molecule has 0 atom stereocenters. The van der Waals surface area contributed by atoms with Crippen LogP contribution in [-0.2, 0) is 6.42 Å². The van der Waals surface area contributed by atoms with E-state index in [9.17, 15) is 10.1 Å². The first-order chi connectivity index (χ1) is 15.2. The lowest BCUT2D eigenvalue weighted by atomic mass is 10.1. The van der Waals surface area contributed by atoms with Crippen LogP contribution < -0.4 is 10.1 Å². The molecule has 31 heavy (non-hydrogen) atoms. The quantitative estimate of drug-likeness (QED) is 0.463. The highest BCUT2D eigenvalue weighted by atomic mass is 16.5. The zero-order chi connectivity index (χ0) is 21.6. The highest BCUT2D eigenvalue weighted by molar-refractivity contribution is 6.06. The van der Waals surface area contributed by atoms with Crippen LogP contribution in [0.15, 0.2) is 67.0 Å². The topological polar surface area (TPSA) is 92.3 Å². The summed E-state index contributed by atoms with van der Waals surface area (Å²) < 4.78 is 7.54. The van der Waals surface area contributed by atoms with Crippen LogP contribution in [0.5, 0.6) is 11.5 Å². The summed E-state index contributed by atoms with van der Waals surface area (Å²) in [6.45, 7) is 2.10. The van der Waals surface area contributed by atoms with Gasteiger partial charge in [-0.15, -0.1) is 0 Å². The summed E-state index contributed by atoms with van der Waals surface area (Å²) in [7, 11) is 0. The lowest BCUT2D eigenvalue weighted by Gasteiger charge is -2.13. The number of nitriles is 1. The van der Waals surface area contributed by atoms with Crippen LogP contribution in [0.25, 0.3) is 5.65 Å². The maximum atomic E-state index is 13.2. The van der Waals surface area contributed by atoms with Gasteiger partial charge in [-0.2, -0.15) is 5.26 Å². The van der Waals surface area contributed by atoms with Crippen molar-refractivity contribution in [3.63, 3.8) is 0 Å². The molecule has 2 aromatic heterocycles. The second-order valence-electron chi connectivity index (χ2n) is 7.00. The van der Waals surface area contributed by atoms with Gasteiger partial charge in [0.05, 0.1) is 5.56 Å². The molecule has 0 bridgehead atoms. The second-order valence-corrected chi connectivity index (χ2v) is 7.00. The van der Waals surface area contributed by atoms with Gasteiger partial charge in [-0.1, -0.05) is 43.7 Å². The number of unbranched alkanes of at least 4 members (excludes halogenated alkanes) is 1. The molecule has 0 spiro atoms. The summed E-state index contributed by atoms with van der Waals surface area (Å²) in [6.07, 6.45) is 4.22. The van der Waals surface area contributed by atoms with Crippen molar-refractivity contribution < 1.29 is 9.53 Å². The Morgan fingerprint density at radius 2 is 1.94 bits per heavy atom. The first-order valence-electron chi connectivity index (χ1n) is 10.1. The molecule has 2 aromatic carbocycles. The monoisotopic (exact) mass is 411 g/mol. The van der Waals surface area contributed by atoms with Crippen molar-refractivity contribution in [1.82, 2.24) is 14.4 Å². The minimum atomic E-state index is -0.326. The van der Waals surface area contributed by atoms with Crippen LogP contribution in [0.2, 0.25) is 0 Å². The van der Waals surface area contributed by atoms with E-state index in [2.05, 4.69) is 28.3 Å². The van der Waals surface area contributed by atoms with Crippen LogP contribution in [0, 0.1) is 11.3 Å². The number of carbonyl (C=O) groups excluding carboxylic acids is 1. The summed E-state index contributed by atoms with van der Waals surface area (Å²) in [6, 6.07) is 20.2. The molecule has 0 aliphatic carbocycles. The normalized spacial score (nSPS) is 10.6. The molecule has 1 amide bonds. The molecule has 1 N–H and O–H groups in total. The number of benzene rings is 2. The number of nitrogens with zero attached hydrogens (tertiary/aromatic N) is 4. The highest BCUT2D eigenvalue weighted by Gasteiger charge is 2.17. The molecule has 0 aliphatic heterocycles. The summed E-state index contributed by atoms with van der Waals surface area (Å²) in [5, 5.41) is 12.3. The van der Waals surface area contributed by atoms with E-state index in [1.807, 2.05) is 42.5 Å². The number of imidazole rings is 1. The molecule has 0 saturated heterocycles. The van der Waals surface area contributed by atoms with Crippen molar-refractivity contribution in [2.24, 2.45) is 0 Å². The van der Waals surface area contributed by atoms with Gasteiger partial charge in [0.25, 0.3) is 5.91 Å². The number of hydrogen-bond donors (Lipinski definition) is 1. The maximum absolute atomic E-state index is 13.2. The molecule has 0 radical (unpaired) electrons. The SMILES string of the molecule is CCCCc1cc(NC(=O)c2ccccc2Oc2ccccc2)n2cnc(C#N)c2n1. The van der Waals surface area contributed by atoms with E-state index in [1.54, 1.807) is 22.6 Å². The van der Waals surface area contributed by atoms with Gasteiger partial charge in [-0.05, 0) is 37.1 Å². The number of para-hydroxylation sites is 2. The van der Waals surface area contributed by atoms with Gasteiger partial charge >= 0.3 is 0 Å². The first-order valence-corrected chi connectivity index (χ1v) is 10.1. The summed E-state index contributed by atoms with van der Waals surface area (Å²) in [4.78, 5) is 21.8. The molecular formula is C24H21N5O2. The molecule has 0 unspecified atom stereocenters. The molecule has 4 rings (SSSR count). The number of carbonyl (C=O) groups is 1. The third kappa shape index (κ3) is 4.38. The Labute approximate surface area is 180 Å². The number of ether oxygens (including phenoxy) is 1. The largest absolute Gasteiger partial charge is 0.457 e. The van der Waals surface area contributed by atoms with E-state index in [4.69, 9.17) is 4.74 Å². The third-order valence-electron chi connectivity index (χ3n) is 4.79. The lowest BCUT2D eigenvalue weighted by Crippen LogP contribution is -2.16. The minimum Gasteiger partial charge on any atom is -0.457 e. The van der Waals surface area contributed by atoms with Crippen molar-refractivity contribution in [2.45, 2.75) is 26.2 Å². The molecule has 154 valence electrons. The number of anilines is 1. The Bertz CT molecular complexity index is 1260. The smallest absolute Gasteiger partial charge is 0.260 e. The Kier molecular flexibility index (Phi) is 5.90. The fourth-order valence-electron chi connectivity index (χ4n) is 3.22. The van der Waals surface area contributed by atoms with Crippen LogP contribution in [0.3, 0.4) is 0 Å². The van der Waals surface area contributed by atoms with Gasteiger partial charge in [0, 0.05) is 11.8 Å². The Morgan fingerprint density at radius 1 is 1.16 bits per heavy atom. The van der Waals surface area contributed by atoms with E-state index < -0.39 is 0 Å². The average Bonchev–Trinajstić information content (AvgIpc) is 3.22. The molecule has 2 heterocycles. The molecular weight excluding hydrogens is 390 g/mol. The van der Waals surface area contributed by atoms with Crippen molar-refractivity contribution in [1.29, 1.82) is 5.26 Å². The van der Waals surface area contributed by atoms with Gasteiger partial charge in [0.1, 0.15) is 29.7 Å².